The lowest BCUT2D eigenvalue weighted by molar-refractivity contribution is -0.113. The standard InChI is InChI=1S/C23H23ClN4O3S2/c1-3-12-28-20(14-32-13-17-6-4-5-7-19(17)24)26-27-23(28)33-15-21(29)25-18-10-8-16(9-11-18)22(30)31-2/h3-11H,1,12-15H2,2H3,(H,25,29). The first-order valence-electron chi connectivity index (χ1n) is 9.97. The summed E-state index contributed by atoms with van der Waals surface area (Å²) < 4.78 is 6.62. The number of anilines is 1. The van der Waals surface area contributed by atoms with E-state index >= 15 is 0 Å². The van der Waals surface area contributed by atoms with Crippen molar-refractivity contribution >= 4 is 52.7 Å². The molecule has 0 fully saturated rings. The van der Waals surface area contributed by atoms with Crippen molar-refractivity contribution in [1.82, 2.24) is 14.8 Å². The molecule has 0 aliphatic heterocycles. The van der Waals surface area contributed by atoms with Crippen LogP contribution >= 0.6 is 35.1 Å². The minimum absolute atomic E-state index is 0.167. The van der Waals surface area contributed by atoms with Gasteiger partial charge in [-0.2, -0.15) is 0 Å². The average Bonchev–Trinajstić information content (AvgIpc) is 3.20. The second-order valence-corrected chi connectivity index (χ2v) is 9.12. The molecule has 0 bridgehead atoms. The zero-order valence-corrected chi connectivity index (χ0v) is 20.4. The van der Waals surface area contributed by atoms with Gasteiger partial charge in [-0.05, 0) is 35.9 Å². The molecule has 1 aromatic heterocycles. The molecule has 0 aliphatic carbocycles. The summed E-state index contributed by atoms with van der Waals surface area (Å²) in [5.74, 6) is 1.79. The molecule has 7 nitrogen and oxygen atoms in total. The molecule has 0 unspecified atom stereocenters. The lowest BCUT2D eigenvalue weighted by atomic mass is 10.2. The van der Waals surface area contributed by atoms with Crippen molar-refractivity contribution in [3.63, 3.8) is 0 Å². The van der Waals surface area contributed by atoms with Crippen molar-refractivity contribution in [2.75, 3.05) is 18.2 Å². The van der Waals surface area contributed by atoms with E-state index in [0.717, 1.165) is 22.2 Å². The first kappa shape index (κ1) is 24.9. The van der Waals surface area contributed by atoms with Crippen LogP contribution < -0.4 is 5.32 Å². The molecular weight excluding hydrogens is 480 g/mol. The minimum Gasteiger partial charge on any atom is -0.465 e. The normalized spacial score (nSPS) is 10.6. The maximum atomic E-state index is 12.4. The van der Waals surface area contributed by atoms with Crippen LogP contribution in [0.4, 0.5) is 5.69 Å². The Hall–Kier alpha value is -2.75. The van der Waals surface area contributed by atoms with Gasteiger partial charge in [-0.1, -0.05) is 47.6 Å². The Bertz CT molecular complexity index is 1120. The third-order valence-corrected chi connectivity index (χ3v) is 6.79. The number of halogens is 1. The summed E-state index contributed by atoms with van der Waals surface area (Å²) in [5, 5.41) is 12.8. The van der Waals surface area contributed by atoms with Gasteiger partial charge < -0.3 is 14.6 Å². The SMILES string of the molecule is C=CCn1c(CSCc2ccccc2Cl)nnc1SCC(=O)Nc1ccc(C(=O)OC)cc1. The predicted octanol–water partition coefficient (Wildman–Crippen LogP) is 5.07. The molecule has 172 valence electrons. The van der Waals surface area contributed by atoms with Crippen molar-refractivity contribution < 1.29 is 14.3 Å². The first-order chi connectivity index (χ1) is 16.0. The number of amides is 1. The average molecular weight is 503 g/mol. The van der Waals surface area contributed by atoms with E-state index in [9.17, 15) is 9.59 Å². The summed E-state index contributed by atoms with van der Waals surface area (Å²) in [6.07, 6.45) is 1.78. The van der Waals surface area contributed by atoms with Gasteiger partial charge in [-0.3, -0.25) is 4.79 Å². The number of carbonyl (C=O) groups is 2. The van der Waals surface area contributed by atoms with Crippen LogP contribution in [0.3, 0.4) is 0 Å². The molecule has 1 amide bonds. The molecule has 2 aromatic carbocycles. The second-order valence-electron chi connectivity index (χ2n) is 6.79. The quantitative estimate of drug-likeness (QED) is 0.222. The van der Waals surface area contributed by atoms with Crippen molar-refractivity contribution in [3.05, 3.63) is 83.2 Å². The van der Waals surface area contributed by atoms with E-state index in [1.165, 1.54) is 18.9 Å². The number of nitrogens with zero attached hydrogens (tertiary/aromatic N) is 3. The number of rotatable bonds is 11. The fraction of sp³-hybridized carbons (Fsp3) is 0.217. The van der Waals surface area contributed by atoms with Gasteiger partial charge in [-0.15, -0.1) is 28.5 Å². The number of carbonyl (C=O) groups excluding carboxylic acids is 2. The molecule has 0 atom stereocenters. The Morgan fingerprint density at radius 2 is 1.91 bits per heavy atom. The van der Waals surface area contributed by atoms with Gasteiger partial charge in [0.1, 0.15) is 5.82 Å². The van der Waals surface area contributed by atoms with Crippen LogP contribution in [0.1, 0.15) is 21.7 Å². The Kier molecular flexibility index (Phi) is 9.41. The number of thioether (sulfide) groups is 2. The third kappa shape index (κ3) is 7.12. The zero-order valence-electron chi connectivity index (χ0n) is 18.0. The smallest absolute Gasteiger partial charge is 0.337 e. The van der Waals surface area contributed by atoms with Crippen LogP contribution in [-0.2, 0) is 27.6 Å². The molecule has 10 heteroatoms. The Labute approximate surface area is 206 Å². The second kappa shape index (κ2) is 12.5. The van der Waals surface area contributed by atoms with Crippen molar-refractivity contribution in [2.24, 2.45) is 0 Å². The molecule has 33 heavy (non-hydrogen) atoms. The summed E-state index contributed by atoms with van der Waals surface area (Å²) >= 11 is 9.23. The lowest BCUT2D eigenvalue weighted by Crippen LogP contribution is -2.15. The van der Waals surface area contributed by atoms with E-state index in [4.69, 9.17) is 11.6 Å². The fourth-order valence-electron chi connectivity index (χ4n) is 2.85. The number of hydrogen-bond acceptors (Lipinski definition) is 7. The van der Waals surface area contributed by atoms with E-state index in [0.29, 0.717) is 28.7 Å². The van der Waals surface area contributed by atoms with Gasteiger partial charge in [-0.25, -0.2) is 4.79 Å². The van der Waals surface area contributed by atoms with Crippen LogP contribution in [0.25, 0.3) is 0 Å². The molecule has 0 saturated heterocycles. The number of nitrogens with one attached hydrogen (secondary N) is 1. The summed E-state index contributed by atoms with van der Waals surface area (Å²) in [6, 6.07) is 14.3. The fourth-order valence-corrected chi connectivity index (χ4v) is 4.87. The van der Waals surface area contributed by atoms with E-state index in [1.807, 2.05) is 28.8 Å². The Morgan fingerprint density at radius 3 is 2.61 bits per heavy atom. The summed E-state index contributed by atoms with van der Waals surface area (Å²) in [7, 11) is 1.32. The van der Waals surface area contributed by atoms with Gasteiger partial charge >= 0.3 is 5.97 Å². The Balaban J connectivity index is 1.55. The van der Waals surface area contributed by atoms with Crippen LogP contribution in [-0.4, -0.2) is 39.5 Å². The number of benzene rings is 2. The highest BCUT2D eigenvalue weighted by molar-refractivity contribution is 7.99. The van der Waals surface area contributed by atoms with E-state index in [-0.39, 0.29) is 11.7 Å². The predicted molar refractivity (Wildman–Crippen MR) is 134 cm³/mol. The number of allylic oxidation sites excluding steroid dienone is 1. The topological polar surface area (TPSA) is 86.1 Å². The minimum atomic E-state index is -0.425. The summed E-state index contributed by atoms with van der Waals surface area (Å²) in [6.45, 7) is 4.36. The van der Waals surface area contributed by atoms with E-state index in [1.54, 1.807) is 42.1 Å². The monoisotopic (exact) mass is 502 g/mol. The van der Waals surface area contributed by atoms with E-state index < -0.39 is 5.97 Å². The van der Waals surface area contributed by atoms with Crippen LogP contribution in [0, 0.1) is 0 Å². The number of ether oxygens (including phenoxy) is 1. The largest absolute Gasteiger partial charge is 0.465 e. The molecule has 0 spiro atoms. The number of hydrogen-bond donors (Lipinski definition) is 1. The highest BCUT2D eigenvalue weighted by atomic mass is 35.5. The molecule has 0 aliphatic rings. The zero-order chi connectivity index (χ0) is 23.6. The molecule has 1 N–H and O–H groups in total. The highest BCUT2D eigenvalue weighted by Gasteiger charge is 2.14. The van der Waals surface area contributed by atoms with Gasteiger partial charge in [0.2, 0.25) is 5.91 Å². The molecule has 3 rings (SSSR count). The van der Waals surface area contributed by atoms with Crippen molar-refractivity contribution in [3.8, 4) is 0 Å². The number of methoxy groups -OCH3 is 1. The molecule has 3 aromatic rings. The summed E-state index contributed by atoms with van der Waals surface area (Å²) in [5.41, 5.74) is 2.09. The lowest BCUT2D eigenvalue weighted by Gasteiger charge is -2.09. The maximum absolute atomic E-state index is 12.4. The number of esters is 1. The van der Waals surface area contributed by atoms with Crippen LogP contribution in [0.2, 0.25) is 5.02 Å². The van der Waals surface area contributed by atoms with Gasteiger partial charge in [0, 0.05) is 23.0 Å². The maximum Gasteiger partial charge on any atom is 0.337 e. The molecule has 0 saturated carbocycles. The Morgan fingerprint density at radius 1 is 1.15 bits per heavy atom. The van der Waals surface area contributed by atoms with Gasteiger partial charge in [0.05, 0.1) is 24.2 Å². The molecule has 0 radical (unpaired) electrons. The van der Waals surface area contributed by atoms with Crippen molar-refractivity contribution in [2.45, 2.75) is 23.2 Å². The molecule has 1 heterocycles. The number of aromatic nitrogens is 3. The van der Waals surface area contributed by atoms with Gasteiger partial charge in [0.25, 0.3) is 0 Å². The first-order valence-corrected chi connectivity index (χ1v) is 12.5. The third-order valence-electron chi connectivity index (χ3n) is 4.47. The van der Waals surface area contributed by atoms with Crippen molar-refractivity contribution in [1.29, 1.82) is 0 Å². The van der Waals surface area contributed by atoms with E-state index in [2.05, 4.69) is 26.8 Å². The molecular formula is C23H23ClN4O3S2. The van der Waals surface area contributed by atoms with Gasteiger partial charge in [0.15, 0.2) is 5.16 Å². The van der Waals surface area contributed by atoms with Crippen LogP contribution in [0.15, 0.2) is 66.3 Å². The summed E-state index contributed by atoms with van der Waals surface area (Å²) in [4.78, 5) is 23.9. The van der Waals surface area contributed by atoms with Crippen LogP contribution in [0.5, 0.6) is 0 Å². The highest BCUT2D eigenvalue weighted by Crippen LogP contribution is 2.25.